The average Bonchev–Trinajstić information content (AvgIpc) is 2.13. The van der Waals surface area contributed by atoms with Crippen LogP contribution in [0.25, 0.3) is 0 Å². The van der Waals surface area contributed by atoms with Gasteiger partial charge in [-0.2, -0.15) is 0 Å². The summed E-state index contributed by atoms with van der Waals surface area (Å²) in [6.45, 7) is 14.1. The van der Waals surface area contributed by atoms with E-state index in [0.29, 0.717) is 5.69 Å². The minimum atomic E-state index is -1.45. The van der Waals surface area contributed by atoms with Crippen molar-refractivity contribution in [1.29, 1.82) is 0 Å². The van der Waals surface area contributed by atoms with Crippen molar-refractivity contribution < 1.29 is 5.11 Å². The second-order valence-electron chi connectivity index (χ2n) is 6.38. The molecule has 0 aromatic carbocycles. The number of pyridine rings is 1. The van der Waals surface area contributed by atoms with Gasteiger partial charge in [0.1, 0.15) is 22.2 Å². The molecule has 1 aromatic rings. The van der Waals surface area contributed by atoms with Gasteiger partial charge in [0.25, 0.3) is 0 Å². The average molecular weight is 299 g/mol. The molecular weight excluding hydrogens is 276 g/mol. The normalized spacial score (nSPS) is 12.3. The Kier molecular flexibility index (Phi) is 4.35. The number of aromatic nitrogens is 1. The van der Waals surface area contributed by atoms with E-state index in [0.717, 1.165) is 5.69 Å². The lowest BCUT2D eigenvalue weighted by Gasteiger charge is -2.45. The van der Waals surface area contributed by atoms with Crippen molar-refractivity contribution in [2.75, 3.05) is 4.23 Å². The van der Waals surface area contributed by atoms with Crippen LogP contribution in [0.5, 0.6) is 0 Å². The predicted molar refractivity (Wildman–Crippen MR) is 87.7 cm³/mol. The smallest absolute Gasteiger partial charge is 0.207 e. The van der Waals surface area contributed by atoms with Crippen LogP contribution in [-0.2, 0) is 0 Å². The highest BCUT2D eigenvalue weighted by molar-refractivity contribution is 7.80. The number of hydrogen-bond donors (Lipinski definition) is 1. The van der Waals surface area contributed by atoms with Gasteiger partial charge in [-0.15, -0.1) is 0 Å². The first-order valence-electron chi connectivity index (χ1n) is 6.03. The molecule has 0 saturated carbocycles. The van der Waals surface area contributed by atoms with E-state index < -0.39 is 16.5 Å². The molecule has 0 aliphatic heterocycles. The summed E-state index contributed by atoms with van der Waals surface area (Å²) >= 11 is 4.71. The number of rotatable bonds is 4. The summed E-state index contributed by atoms with van der Waals surface area (Å²) in [4.78, 5) is 4.24. The summed E-state index contributed by atoms with van der Waals surface area (Å²) in [6, 6.07) is 3.81. The third-order valence-electron chi connectivity index (χ3n) is 2.57. The highest BCUT2D eigenvalue weighted by Crippen LogP contribution is 2.27. The van der Waals surface area contributed by atoms with Crippen LogP contribution in [-0.4, -0.2) is 31.6 Å². The topological polar surface area (TPSA) is 36.4 Å². The summed E-state index contributed by atoms with van der Waals surface area (Å²) < 4.78 is 2.58. The van der Waals surface area contributed by atoms with Crippen molar-refractivity contribution in [3.63, 3.8) is 0 Å². The molecule has 0 bridgehead atoms. The largest absolute Gasteiger partial charge is 0.497 e. The maximum atomic E-state index is 9.25. The fourth-order valence-electron chi connectivity index (χ4n) is 2.43. The zero-order chi connectivity index (χ0) is 14.1. The second-order valence-corrected chi connectivity index (χ2v) is 16.8. The molecule has 0 fully saturated rings. The number of nitrogens with zero attached hydrogens (tertiary/aromatic N) is 2. The maximum Gasteiger partial charge on any atom is 0.207 e. The van der Waals surface area contributed by atoms with Crippen molar-refractivity contribution in [2.24, 2.45) is 0 Å². The van der Waals surface area contributed by atoms with E-state index in [1.807, 2.05) is 12.3 Å². The van der Waals surface area contributed by atoms with Crippen LogP contribution in [0.1, 0.15) is 5.69 Å². The molecule has 0 aliphatic carbocycles. The van der Waals surface area contributed by atoms with Gasteiger partial charge < -0.3 is 9.34 Å². The maximum absolute atomic E-state index is 9.25. The van der Waals surface area contributed by atoms with Gasteiger partial charge in [0.05, 0.1) is 0 Å². The summed E-state index contributed by atoms with van der Waals surface area (Å²) in [5.41, 5.74) is 1.62. The van der Waals surface area contributed by atoms with E-state index in [-0.39, 0.29) is 5.05 Å². The molecule has 0 aliphatic rings. The van der Waals surface area contributed by atoms with Crippen LogP contribution >= 0.6 is 12.2 Å². The third-order valence-corrected chi connectivity index (χ3v) is 10.0. The number of aliphatic hydroxyl groups excluding tert-OH is 1. The van der Waals surface area contributed by atoms with Crippen LogP contribution in [0.3, 0.4) is 0 Å². The lowest BCUT2D eigenvalue weighted by Crippen LogP contribution is -2.59. The van der Waals surface area contributed by atoms with E-state index in [1.165, 1.54) is 0 Å². The monoisotopic (exact) mass is 298 g/mol. The lowest BCUT2D eigenvalue weighted by atomic mass is 10.3. The summed E-state index contributed by atoms with van der Waals surface area (Å²) in [7, 11) is -2.90. The first-order valence-corrected chi connectivity index (χ1v) is 13.3. The molecule has 0 atom stereocenters. The van der Waals surface area contributed by atoms with Gasteiger partial charge >= 0.3 is 0 Å². The molecular formula is C12H22N2OSSi2. The minimum absolute atomic E-state index is 0.144. The molecule has 1 aromatic heterocycles. The van der Waals surface area contributed by atoms with Gasteiger partial charge in [-0.3, -0.25) is 0 Å². The molecule has 0 amide bonds. The molecule has 0 spiro atoms. The fourth-order valence-corrected chi connectivity index (χ4v) is 12.4. The van der Waals surface area contributed by atoms with Crippen LogP contribution in [0.4, 0.5) is 5.69 Å². The van der Waals surface area contributed by atoms with Gasteiger partial charge in [-0.05, 0) is 24.4 Å². The Morgan fingerprint density at radius 1 is 1.11 bits per heavy atom. The van der Waals surface area contributed by atoms with E-state index in [2.05, 4.69) is 48.5 Å². The first kappa shape index (κ1) is 15.3. The number of aliphatic hydroxyl groups is 1. The summed E-state index contributed by atoms with van der Waals surface area (Å²) in [5.74, 6) is 0. The van der Waals surface area contributed by atoms with Gasteiger partial charge in [0.15, 0.2) is 0 Å². The zero-order valence-electron chi connectivity index (χ0n) is 12.0. The lowest BCUT2D eigenvalue weighted by molar-refractivity contribution is 0.568. The number of hydrogen-bond acceptors (Lipinski definition) is 3. The number of thiocarbonyl (C=S) groups is 1. The molecule has 100 valence electrons. The Balaban J connectivity index is 3.20. The molecule has 6 heteroatoms. The highest BCUT2D eigenvalue weighted by atomic mass is 32.1. The van der Waals surface area contributed by atoms with E-state index in [4.69, 9.17) is 12.2 Å². The van der Waals surface area contributed by atoms with Gasteiger partial charge in [-0.25, -0.2) is 4.98 Å². The van der Waals surface area contributed by atoms with Crippen molar-refractivity contribution >= 4 is 39.4 Å². The predicted octanol–water partition coefficient (Wildman–Crippen LogP) is 3.79. The van der Waals surface area contributed by atoms with Crippen LogP contribution in [0.15, 0.2) is 18.3 Å². The molecule has 18 heavy (non-hydrogen) atoms. The third kappa shape index (κ3) is 3.63. The van der Waals surface area contributed by atoms with Crippen LogP contribution in [0.2, 0.25) is 39.3 Å². The molecule has 1 heterocycles. The summed E-state index contributed by atoms with van der Waals surface area (Å²) in [6.07, 6.45) is 1.83. The van der Waals surface area contributed by atoms with Gasteiger partial charge in [0.2, 0.25) is 5.05 Å². The van der Waals surface area contributed by atoms with Crippen LogP contribution < -0.4 is 4.23 Å². The minimum Gasteiger partial charge on any atom is -0.497 e. The molecule has 0 radical (unpaired) electrons. The standard InChI is InChI=1S/C12H22N2OSSi2/c1-17(2,3)14(18(4,5)6)10-7-8-11(12(15)16)13-9-10/h7-9H,1-6H3,(H,15,16). The Labute approximate surface area is 117 Å². The Bertz CT molecular complexity index is 421. The van der Waals surface area contributed by atoms with Crippen molar-refractivity contribution in [1.82, 2.24) is 4.98 Å². The molecule has 1 rings (SSSR count). The quantitative estimate of drug-likeness (QED) is 0.678. The second kappa shape index (κ2) is 5.10. The Hall–Kier alpha value is -0.726. The first-order chi connectivity index (χ1) is 8.03. The highest BCUT2D eigenvalue weighted by Gasteiger charge is 2.34. The SMILES string of the molecule is C[Si](C)(C)N(c1ccc(C(O)=S)nc1)[Si](C)(C)C. The van der Waals surface area contributed by atoms with E-state index in [9.17, 15) is 5.11 Å². The van der Waals surface area contributed by atoms with E-state index >= 15 is 0 Å². The van der Waals surface area contributed by atoms with Gasteiger partial charge in [0, 0.05) is 11.9 Å². The number of anilines is 1. The van der Waals surface area contributed by atoms with E-state index in [1.54, 1.807) is 6.07 Å². The van der Waals surface area contributed by atoms with Crippen molar-refractivity contribution in [3.05, 3.63) is 24.0 Å². The summed E-state index contributed by atoms with van der Waals surface area (Å²) in [5, 5.41) is 9.10. The van der Waals surface area contributed by atoms with Gasteiger partial charge in [-0.1, -0.05) is 39.3 Å². The zero-order valence-corrected chi connectivity index (χ0v) is 14.8. The molecule has 0 saturated heterocycles. The molecule has 1 N–H and O–H groups in total. The molecule has 3 nitrogen and oxygen atoms in total. The van der Waals surface area contributed by atoms with Crippen LogP contribution in [0, 0.1) is 0 Å². The van der Waals surface area contributed by atoms with Crippen molar-refractivity contribution in [3.8, 4) is 0 Å². The Morgan fingerprint density at radius 3 is 1.89 bits per heavy atom. The molecule has 0 unspecified atom stereocenters. The van der Waals surface area contributed by atoms with Crippen molar-refractivity contribution in [2.45, 2.75) is 39.3 Å². The Morgan fingerprint density at radius 2 is 1.61 bits per heavy atom. The fraction of sp³-hybridized carbons (Fsp3) is 0.500.